The normalized spacial score (nSPS) is 40.8. The molecule has 5 aliphatic rings. The highest BCUT2D eigenvalue weighted by Crippen LogP contribution is 2.70. The summed E-state index contributed by atoms with van der Waals surface area (Å²) in [5.74, 6) is 1.55. The largest absolute Gasteiger partial charge is 0.454 e. The fourth-order valence-electron chi connectivity index (χ4n) is 5.57. The van der Waals surface area contributed by atoms with E-state index in [-0.39, 0.29) is 24.2 Å². The smallest absolute Gasteiger partial charge is 0.255 e. The van der Waals surface area contributed by atoms with Crippen molar-refractivity contribution in [2.75, 3.05) is 34.5 Å². The molecule has 1 aromatic carbocycles. The number of ether oxygens (including phenoxy) is 2. The molecule has 158 valence electrons. The molecule has 4 fully saturated rings. The van der Waals surface area contributed by atoms with Crippen LogP contribution in [0.5, 0.6) is 11.5 Å². The predicted octanol–water partition coefficient (Wildman–Crippen LogP) is 2.33. The average Bonchev–Trinajstić information content (AvgIpc) is 3.22. The zero-order chi connectivity index (χ0) is 20.8. The maximum absolute atomic E-state index is 13.6. The first-order valence-electron chi connectivity index (χ1n) is 9.78. The highest BCUT2D eigenvalue weighted by Gasteiger charge is 2.74. The van der Waals surface area contributed by atoms with Gasteiger partial charge in [0.2, 0.25) is 6.79 Å². The number of piperazine rings is 1. The Morgan fingerprint density at radius 3 is 2.69 bits per heavy atom. The standard InChI is InChI=1S/C20H27N3O4S2/c1-18(10-21(3)4)9-20-17(25)22(5)19(2,28-29-20)16(24)23(20)15(18)12-6-7-13-14(8-12)27-11-26-13/h6-8,15-16,24H,9-11H2,1-5H3/t15?,16?,18-,19?,20?/m1/s1. The minimum Gasteiger partial charge on any atom is -0.454 e. The first-order chi connectivity index (χ1) is 13.6. The zero-order valence-corrected chi connectivity index (χ0v) is 19.0. The fourth-order valence-corrected chi connectivity index (χ4v) is 9.32. The van der Waals surface area contributed by atoms with Crippen molar-refractivity contribution in [2.24, 2.45) is 5.41 Å². The number of aliphatic hydroxyl groups excluding tert-OH is 1. The van der Waals surface area contributed by atoms with E-state index in [0.29, 0.717) is 6.42 Å². The lowest BCUT2D eigenvalue weighted by Gasteiger charge is -2.61. The first kappa shape index (κ1) is 19.8. The molecule has 0 saturated carbocycles. The van der Waals surface area contributed by atoms with Crippen LogP contribution in [0.15, 0.2) is 18.2 Å². The van der Waals surface area contributed by atoms with Gasteiger partial charge in [-0.05, 0) is 45.1 Å². The summed E-state index contributed by atoms with van der Waals surface area (Å²) in [6.07, 6.45) is -0.0958. The second kappa shape index (κ2) is 6.20. The molecular weight excluding hydrogens is 410 g/mol. The predicted molar refractivity (Wildman–Crippen MR) is 114 cm³/mol. The van der Waals surface area contributed by atoms with Crippen LogP contribution in [0.4, 0.5) is 0 Å². The van der Waals surface area contributed by atoms with Crippen molar-refractivity contribution in [3.63, 3.8) is 0 Å². The molecule has 4 saturated heterocycles. The zero-order valence-electron chi connectivity index (χ0n) is 17.3. The average molecular weight is 438 g/mol. The molecule has 5 atom stereocenters. The van der Waals surface area contributed by atoms with Crippen molar-refractivity contribution in [1.29, 1.82) is 0 Å². The Morgan fingerprint density at radius 2 is 1.97 bits per heavy atom. The molecule has 9 heteroatoms. The van der Waals surface area contributed by atoms with Gasteiger partial charge in [-0.3, -0.25) is 4.79 Å². The Bertz CT molecular complexity index is 885. The van der Waals surface area contributed by atoms with E-state index in [1.165, 1.54) is 0 Å². The molecule has 7 nitrogen and oxygen atoms in total. The monoisotopic (exact) mass is 437 g/mol. The molecule has 6 rings (SSSR count). The highest BCUT2D eigenvalue weighted by molar-refractivity contribution is 8.78. The molecule has 4 unspecified atom stereocenters. The second-order valence-electron chi connectivity index (χ2n) is 9.23. The Hall–Kier alpha value is -1.13. The quantitative estimate of drug-likeness (QED) is 0.723. The maximum atomic E-state index is 13.6. The van der Waals surface area contributed by atoms with Crippen LogP contribution < -0.4 is 9.47 Å². The molecule has 1 N–H and O–H groups in total. The summed E-state index contributed by atoms with van der Waals surface area (Å²) in [5.41, 5.74) is 0.810. The van der Waals surface area contributed by atoms with E-state index in [1.54, 1.807) is 26.5 Å². The topological polar surface area (TPSA) is 65.5 Å². The van der Waals surface area contributed by atoms with Gasteiger partial charge in [0.15, 0.2) is 16.4 Å². The Kier molecular flexibility index (Phi) is 4.23. The third-order valence-corrected chi connectivity index (χ3v) is 10.6. The minimum absolute atomic E-state index is 0.0854. The van der Waals surface area contributed by atoms with Crippen LogP contribution in [-0.2, 0) is 4.79 Å². The Balaban J connectivity index is 1.68. The summed E-state index contributed by atoms with van der Waals surface area (Å²) in [7, 11) is 9.16. The van der Waals surface area contributed by atoms with E-state index < -0.39 is 16.0 Å². The van der Waals surface area contributed by atoms with Gasteiger partial charge in [-0.25, -0.2) is 4.90 Å². The van der Waals surface area contributed by atoms with Gasteiger partial charge in [-0.15, -0.1) is 0 Å². The first-order valence-corrected chi connectivity index (χ1v) is 11.9. The van der Waals surface area contributed by atoms with Crippen LogP contribution in [-0.4, -0.2) is 76.2 Å². The van der Waals surface area contributed by atoms with Crippen LogP contribution in [0.2, 0.25) is 0 Å². The van der Waals surface area contributed by atoms with Crippen LogP contribution in [0, 0.1) is 5.41 Å². The van der Waals surface area contributed by atoms with Crippen LogP contribution in [0.3, 0.4) is 0 Å². The molecule has 5 aliphatic heterocycles. The number of rotatable bonds is 3. The number of nitrogens with zero attached hydrogens (tertiary/aromatic N) is 3. The van der Waals surface area contributed by atoms with Crippen LogP contribution in [0.1, 0.15) is 31.9 Å². The van der Waals surface area contributed by atoms with Crippen molar-refractivity contribution in [3.8, 4) is 11.5 Å². The summed E-state index contributed by atoms with van der Waals surface area (Å²) in [6, 6.07) is 5.88. The number of carbonyl (C=O) groups is 1. The van der Waals surface area contributed by atoms with Gasteiger partial charge in [0.05, 0.1) is 0 Å². The van der Waals surface area contributed by atoms with Gasteiger partial charge < -0.3 is 24.4 Å². The third kappa shape index (κ3) is 2.48. The summed E-state index contributed by atoms with van der Waals surface area (Å²) in [4.78, 5) is 18.1. The van der Waals surface area contributed by atoms with E-state index in [9.17, 15) is 9.90 Å². The van der Waals surface area contributed by atoms with Crippen LogP contribution in [0.25, 0.3) is 0 Å². The molecule has 0 aromatic heterocycles. The van der Waals surface area contributed by atoms with Crippen molar-refractivity contribution < 1.29 is 19.4 Å². The minimum atomic E-state index is -0.775. The van der Waals surface area contributed by atoms with Crippen molar-refractivity contribution in [3.05, 3.63) is 23.8 Å². The number of amides is 1. The number of benzene rings is 1. The van der Waals surface area contributed by atoms with Crippen molar-refractivity contribution in [2.45, 2.75) is 42.3 Å². The lowest BCUT2D eigenvalue weighted by molar-refractivity contribution is -0.176. The molecule has 5 heterocycles. The van der Waals surface area contributed by atoms with Gasteiger partial charge in [-0.1, -0.05) is 34.6 Å². The summed E-state index contributed by atoms with van der Waals surface area (Å²) < 4.78 is 11.1. The lowest BCUT2D eigenvalue weighted by Crippen LogP contribution is -2.75. The van der Waals surface area contributed by atoms with E-state index in [1.807, 2.05) is 26.1 Å². The van der Waals surface area contributed by atoms with E-state index in [0.717, 1.165) is 23.6 Å². The Morgan fingerprint density at radius 1 is 1.24 bits per heavy atom. The number of hydrogen-bond acceptors (Lipinski definition) is 8. The van der Waals surface area contributed by atoms with Crippen molar-refractivity contribution >= 4 is 27.5 Å². The van der Waals surface area contributed by atoms with Gasteiger partial charge >= 0.3 is 0 Å². The van der Waals surface area contributed by atoms with Gasteiger partial charge in [0.1, 0.15) is 11.1 Å². The summed E-state index contributed by atoms with van der Waals surface area (Å²) in [6.45, 7) is 5.21. The number of likely N-dealkylation sites (N-methyl/N-ethyl adjacent to an activating group) is 1. The maximum Gasteiger partial charge on any atom is 0.255 e. The van der Waals surface area contributed by atoms with Gasteiger partial charge in [0, 0.05) is 25.0 Å². The van der Waals surface area contributed by atoms with E-state index >= 15 is 0 Å². The third-order valence-electron chi connectivity index (χ3n) is 6.78. The highest BCUT2D eigenvalue weighted by atomic mass is 33.1. The second-order valence-corrected chi connectivity index (χ2v) is 12.1. The van der Waals surface area contributed by atoms with Crippen molar-refractivity contribution in [1.82, 2.24) is 14.7 Å². The molecule has 1 aromatic rings. The fraction of sp³-hybridized carbons (Fsp3) is 0.650. The molecule has 0 radical (unpaired) electrons. The molecular formula is C20H27N3O4S2. The van der Waals surface area contributed by atoms with Crippen LogP contribution >= 0.6 is 21.6 Å². The van der Waals surface area contributed by atoms with Gasteiger partial charge in [0.25, 0.3) is 5.91 Å². The molecule has 1 spiro atoms. The molecule has 1 amide bonds. The summed E-state index contributed by atoms with van der Waals surface area (Å²) in [5, 5.41) is 11.5. The number of carbonyl (C=O) groups excluding carboxylic acids is 1. The number of fused-ring (bicyclic) bond motifs is 3. The van der Waals surface area contributed by atoms with Gasteiger partial charge in [-0.2, -0.15) is 0 Å². The molecule has 2 bridgehead atoms. The molecule has 0 aliphatic carbocycles. The SMILES string of the molecule is CN(C)C[C@@]1(C)CC23SSC(C)(C(O)N2C1c1ccc2c(c1)OCO2)N(C)C3=O. The number of aliphatic hydroxyl groups is 1. The lowest BCUT2D eigenvalue weighted by atomic mass is 9.77. The summed E-state index contributed by atoms with van der Waals surface area (Å²) >= 11 is 0. The van der Waals surface area contributed by atoms with E-state index in [4.69, 9.17) is 9.47 Å². The molecule has 29 heavy (non-hydrogen) atoms. The Labute approximate surface area is 179 Å². The number of hydrogen-bond donors (Lipinski definition) is 1. The van der Waals surface area contributed by atoms with E-state index in [2.05, 4.69) is 36.9 Å².